The van der Waals surface area contributed by atoms with Gasteiger partial charge in [-0.2, -0.15) is 19.3 Å². The van der Waals surface area contributed by atoms with E-state index in [4.69, 9.17) is 11.6 Å². The van der Waals surface area contributed by atoms with Gasteiger partial charge in [0.15, 0.2) is 21.4 Å². The van der Waals surface area contributed by atoms with E-state index in [1.165, 1.54) is 41.3 Å². The SMILES string of the molecule is C=CS(=O)(=O)c1cccc(N(CC)c2nc(Cl)nc(Nc3cc(S(=O)(=O)[O-])cc(N=N/C(=N\[N-]c4cc(SOO[O-])ccc4C(=O)O)c4ccccc4)c3O)n2)c1.[Cu+].[Na+].[Na+]. The molecular formula is C33H25ClCuN9Na2O11S3. The van der Waals surface area contributed by atoms with E-state index in [-0.39, 0.29) is 132 Å². The zero-order chi connectivity index (χ0) is 41.3. The molecule has 1 aromatic heterocycles. The molecular weight excluding hydrogens is 940 g/mol. The van der Waals surface area contributed by atoms with Gasteiger partial charge in [-0.3, -0.25) is 5.04 Å². The Hall–Kier alpha value is -3.53. The Morgan fingerprint density at radius 3 is 2.37 bits per heavy atom. The number of carboxylic acids is 1. The standard InChI is InChI=1S/C33H28ClN9O11S3.Cu.2Na/c1-3-43(20-11-8-12-22(15-20)56(48,49)4-2)33-37-31(34)36-32(38-33)35-26-17-23(57(50,51)52)18-27(28(26)44)40-42-29(19-9-6-5-7-10-19)41-39-25-16-21(55-54-53-47)13-14-24(25)30(45)46;;;/h4-18H,2-3H2,1H3,(H6,35,36,37,38,39,40,41,42,44,45,46,47,50,51,52);;;/q;3*+1/p-3. The third-order valence-electron chi connectivity index (χ3n) is 7.32. The van der Waals surface area contributed by atoms with Gasteiger partial charge in [0.25, 0.3) is 0 Å². The minimum absolute atomic E-state index is 0. The third-order valence-corrected chi connectivity index (χ3v) is 10.2. The number of aromatic hydroxyl groups is 1. The summed E-state index contributed by atoms with van der Waals surface area (Å²) >= 11 is 6.69. The Balaban J connectivity index is 0.00000413. The van der Waals surface area contributed by atoms with E-state index in [2.05, 4.69) is 57.0 Å². The zero-order valence-electron chi connectivity index (χ0n) is 31.1. The average molecular weight is 965 g/mol. The molecule has 60 heavy (non-hydrogen) atoms. The number of phenols is 1. The number of nitrogens with one attached hydrogen (secondary N) is 1. The van der Waals surface area contributed by atoms with Crippen LogP contribution in [0.1, 0.15) is 22.8 Å². The summed E-state index contributed by atoms with van der Waals surface area (Å²) in [6, 6.07) is 19.0. The molecule has 0 atom stereocenters. The first-order chi connectivity index (χ1) is 27.1. The van der Waals surface area contributed by atoms with Crippen LogP contribution in [0, 0.1) is 0 Å². The summed E-state index contributed by atoms with van der Waals surface area (Å²) in [5.41, 5.74) is 3.11. The molecule has 0 aliphatic heterocycles. The first-order valence-electron chi connectivity index (χ1n) is 15.7. The Morgan fingerprint density at radius 1 is 1.02 bits per heavy atom. The molecule has 306 valence electrons. The molecule has 0 saturated carbocycles. The van der Waals surface area contributed by atoms with Crippen molar-refractivity contribution in [2.75, 3.05) is 16.8 Å². The van der Waals surface area contributed by atoms with Gasteiger partial charge in [0.2, 0.25) is 17.2 Å². The summed E-state index contributed by atoms with van der Waals surface area (Å²) in [6.45, 7) is 5.25. The summed E-state index contributed by atoms with van der Waals surface area (Å²) in [5.74, 6) is -2.82. The van der Waals surface area contributed by atoms with Crippen molar-refractivity contribution in [3.05, 3.63) is 119 Å². The van der Waals surface area contributed by atoms with E-state index in [9.17, 15) is 41.7 Å². The zero-order valence-corrected chi connectivity index (χ0v) is 39.3. The molecule has 0 unspecified atom stereocenters. The Kier molecular flexibility index (Phi) is 20.7. The average Bonchev–Trinajstić information content (AvgIpc) is 3.18. The number of azo groups is 1. The second-order valence-corrected chi connectivity index (χ2v) is 15.3. The second kappa shape index (κ2) is 23.6. The number of halogens is 1. The number of carboxylic acid groups (broad SMARTS) is 1. The molecule has 0 spiro atoms. The number of anilines is 4. The van der Waals surface area contributed by atoms with Crippen molar-refractivity contribution in [2.45, 2.75) is 21.6 Å². The van der Waals surface area contributed by atoms with Crippen LogP contribution < -0.4 is 74.6 Å². The Labute approximate surface area is 406 Å². The van der Waals surface area contributed by atoms with Crippen molar-refractivity contribution in [1.29, 1.82) is 0 Å². The number of aromatic carboxylic acids is 1. The van der Waals surface area contributed by atoms with Gasteiger partial charge in [-0.15, -0.1) is 15.9 Å². The number of hydrogen-bond donors (Lipinski definition) is 3. The molecule has 20 nitrogen and oxygen atoms in total. The van der Waals surface area contributed by atoms with Crippen molar-refractivity contribution >= 4 is 90.1 Å². The predicted octanol–water partition coefficient (Wildman–Crippen LogP) is 0.0387. The maximum Gasteiger partial charge on any atom is 1.00 e. The third kappa shape index (κ3) is 13.7. The fourth-order valence-corrected chi connectivity index (χ4v) is 6.52. The minimum Gasteiger partial charge on any atom is -0.744 e. The van der Waals surface area contributed by atoms with Gasteiger partial charge < -0.3 is 40.8 Å². The second-order valence-electron chi connectivity index (χ2n) is 10.9. The van der Waals surface area contributed by atoms with E-state index in [0.717, 1.165) is 17.5 Å². The van der Waals surface area contributed by atoms with Crippen LogP contribution in [0.2, 0.25) is 5.28 Å². The molecule has 5 aromatic rings. The number of sulfone groups is 1. The molecule has 3 N–H and O–H groups in total. The number of nitrogens with zero attached hydrogens (tertiary/aromatic N) is 8. The normalized spacial score (nSPS) is 11.4. The molecule has 0 fully saturated rings. The maximum absolute atomic E-state index is 12.4. The van der Waals surface area contributed by atoms with E-state index in [1.807, 2.05) is 0 Å². The number of rotatable bonds is 16. The van der Waals surface area contributed by atoms with Gasteiger partial charge in [-0.1, -0.05) is 49.0 Å². The Morgan fingerprint density at radius 2 is 1.73 bits per heavy atom. The molecule has 0 aliphatic carbocycles. The van der Waals surface area contributed by atoms with Crippen LogP contribution in [0.25, 0.3) is 5.43 Å². The van der Waals surface area contributed by atoms with E-state index < -0.39 is 47.9 Å². The summed E-state index contributed by atoms with van der Waals surface area (Å²) in [7, 11) is -9.00. The van der Waals surface area contributed by atoms with Crippen molar-refractivity contribution in [3.8, 4) is 5.75 Å². The van der Waals surface area contributed by atoms with Gasteiger partial charge in [0, 0.05) is 33.7 Å². The number of hydrogen-bond acceptors (Lipinski definition) is 18. The quantitative estimate of drug-likeness (QED) is 0.0135. The molecule has 1 heterocycles. The van der Waals surface area contributed by atoms with Crippen molar-refractivity contribution < 1.29 is 127 Å². The van der Waals surface area contributed by atoms with Crippen LogP contribution in [-0.4, -0.2) is 64.9 Å². The molecule has 0 amide bonds. The molecule has 0 saturated heterocycles. The fraction of sp³-hybridized carbons (Fsp3) is 0.0606. The summed E-state index contributed by atoms with van der Waals surface area (Å²) in [5, 5.41) is 49.6. The number of phenolic OH excluding ortho intramolecular Hbond substituents is 1. The van der Waals surface area contributed by atoms with Crippen LogP contribution >= 0.6 is 23.6 Å². The van der Waals surface area contributed by atoms with Gasteiger partial charge in [0.1, 0.15) is 15.8 Å². The fourth-order valence-electron chi connectivity index (χ4n) is 4.72. The van der Waals surface area contributed by atoms with Crippen molar-refractivity contribution in [2.24, 2.45) is 15.3 Å². The Bertz CT molecular complexity index is 2620. The van der Waals surface area contributed by atoms with Gasteiger partial charge in [-0.05, 0) is 61.0 Å². The minimum atomic E-state index is -5.20. The number of carbonyl (C=O) groups is 1. The molecule has 27 heteroatoms. The molecule has 0 radical (unpaired) electrons. The van der Waals surface area contributed by atoms with E-state index in [0.29, 0.717) is 17.7 Å². The smallest absolute Gasteiger partial charge is 0.744 e. The van der Waals surface area contributed by atoms with Gasteiger partial charge in [-0.25, -0.2) is 21.6 Å². The number of amidine groups is 1. The monoisotopic (exact) mass is 963 g/mol. The van der Waals surface area contributed by atoms with Crippen LogP contribution in [0.15, 0.2) is 127 Å². The maximum atomic E-state index is 12.4. The van der Waals surface area contributed by atoms with Crippen LogP contribution in [0.5, 0.6) is 5.75 Å². The first kappa shape index (κ1) is 52.6. The summed E-state index contributed by atoms with van der Waals surface area (Å²) < 4.78 is 65.9. The van der Waals surface area contributed by atoms with Gasteiger partial charge in [0.05, 0.1) is 27.5 Å². The van der Waals surface area contributed by atoms with E-state index >= 15 is 0 Å². The molecule has 5 rings (SSSR count). The number of aromatic nitrogens is 3. The summed E-state index contributed by atoms with van der Waals surface area (Å²) in [6.07, 6.45) is 0. The van der Waals surface area contributed by atoms with Crippen molar-refractivity contribution in [3.63, 3.8) is 0 Å². The first-order valence-corrected chi connectivity index (χ1v) is 19.7. The summed E-state index contributed by atoms with van der Waals surface area (Å²) in [4.78, 5) is 25.1. The predicted molar refractivity (Wildman–Crippen MR) is 203 cm³/mol. The largest absolute Gasteiger partial charge is 1.00 e. The topological polar surface area (TPSA) is 296 Å². The molecule has 0 bridgehead atoms. The van der Waals surface area contributed by atoms with Crippen molar-refractivity contribution in [1.82, 2.24) is 15.0 Å². The number of benzene rings is 4. The molecule has 0 aliphatic rings. The van der Waals surface area contributed by atoms with Gasteiger partial charge >= 0.3 is 82.2 Å². The van der Waals surface area contributed by atoms with Crippen LogP contribution in [0.4, 0.5) is 34.6 Å². The van der Waals surface area contributed by atoms with E-state index in [1.54, 1.807) is 43.3 Å². The van der Waals surface area contributed by atoms with Crippen LogP contribution in [0.3, 0.4) is 0 Å². The van der Waals surface area contributed by atoms with Crippen LogP contribution in [-0.2, 0) is 46.4 Å². The molecule has 4 aromatic carbocycles.